The fourth-order valence-corrected chi connectivity index (χ4v) is 3.10. The van der Waals surface area contributed by atoms with Crippen LogP contribution in [0.1, 0.15) is 53.9 Å². The number of likely N-dealkylation sites (N-methyl/N-ethyl adjacent to an activating group) is 1. The minimum Gasteiger partial charge on any atom is -0.480 e. The Kier molecular flexibility index (Phi) is 4.59. The molecule has 0 saturated heterocycles. The van der Waals surface area contributed by atoms with Crippen molar-refractivity contribution >= 4 is 5.97 Å². The molecule has 0 spiro atoms. The second-order valence-electron chi connectivity index (χ2n) is 6.11. The predicted octanol–water partition coefficient (Wildman–Crippen LogP) is 3.00. The maximum Gasteiger partial charge on any atom is 0.323 e. The van der Waals surface area contributed by atoms with Crippen LogP contribution >= 0.6 is 0 Å². The van der Waals surface area contributed by atoms with Gasteiger partial charge in [-0.15, -0.1) is 0 Å². The van der Waals surface area contributed by atoms with E-state index >= 15 is 0 Å². The van der Waals surface area contributed by atoms with E-state index in [4.69, 9.17) is 0 Å². The van der Waals surface area contributed by atoms with Gasteiger partial charge in [0, 0.05) is 6.04 Å². The highest BCUT2D eigenvalue weighted by Crippen LogP contribution is 2.35. The van der Waals surface area contributed by atoms with Gasteiger partial charge in [-0.05, 0) is 45.1 Å². The molecule has 1 fully saturated rings. The number of carboxylic acids is 1. The van der Waals surface area contributed by atoms with Crippen LogP contribution in [0, 0.1) is 11.8 Å². The third-order valence-electron chi connectivity index (χ3n) is 4.40. The van der Waals surface area contributed by atoms with Crippen LogP contribution in [-0.2, 0) is 4.79 Å². The number of hydrogen-bond donors (Lipinski definition) is 1. The summed E-state index contributed by atoms with van der Waals surface area (Å²) in [5.74, 6) is 0.601. The van der Waals surface area contributed by atoms with Crippen LogP contribution in [0.3, 0.4) is 0 Å². The van der Waals surface area contributed by atoms with Gasteiger partial charge in [-0.2, -0.15) is 0 Å². The molecule has 3 heteroatoms. The Balaban J connectivity index is 2.89. The van der Waals surface area contributed by atoms with Crippen LogP contribution in [0.15, 0.2) is 0 Å². The molecule has 0 aliphatic heterocycles. The maximum atomic E-state index is 11.4. The molecule has 3 atom stereocenters. The molecule has 3 nitrogen and oxygen atoms in total. The molecule has 0 radical (unpaired) electrons. The van der Waals surface area contributed by atoms with Gasteiger partial charge < -0.3 is 5.11 Å². The van der Waals surface area contributed by atoms with E-state index < -0.39 is 11.5 Å². The first kappa shape index (κ1) is 14.5. The zero-order chi connectivity index (χ0) is 13.2. The van der Waals surface area contributed by atoms with Crippen molar-refractivity contribution in [3.63, 3.8) is 0 Å². The van der Waals surface area contributed by atoms with E-state index in [0.717, 1.165) is 18.9 Å². The summed E-state index contributed by atoms with van der Waals surface area (Å²) < 4.78 is 0. The summed E-state index contributed by atoms with van der Waals surface area (Å²) in [6.07, 6.45) is 3.63. The van der Waals surface area contributed by atoms with Gasteiger partial charge in [0.15, 0.2) is 0 Å². The molecule has 17 heavy (non-hydrogen) atoms. The van der Waals surface area contributed by atoms with E-state index in [9.17, 15) is 9.90 Å². The lowest BCUT2D eigenvalue weighted by Gasteiger charge is -2.46. The third-order valence-corrected chi connectivity index (χ3v) is 4.40. The Bertz CT molecular complexity index is 275. The first-order chi connectivity index (χ1) is 7.80. The normalized spacial score (nSPS) is 30.6. The lowest BCUT2D eigenvalue weighted by Crippen LogP contribution is -2.57. The van der Waals surface area contributed by atoms with Crippen molar-refractivity contribution < 1.29 is 9.90 Å². The molecule has 3 unspecified atom stereocenters. The van der Waals surface area contributed by atoms with Crippen LogP contribution in [0.5, 0.6) is 0 Å². The Morgan fingerprint density at radius 2 is 1.94 bits per heavy atom. The summed E-state index contributed by atoms with van der Waals surface area (Å²) in [6, 6.07) is 0.412. The van der Waals surface area contributed by atoms with Crippen LogP contribution < -0.4 is 0 Å². The van der Waals surface area contributed by atoms with Crippen LogP contribution in [0.2, 0.25) is 0 Å². The van der Waals surface area contributed by atoms with E-state index in [2.05, 4.69) is 25.7 Å². The van der Waals surface area contributed by atoms with E-state index in [1.807, 2.05) is 13.8 Å². The van der Waals surface area contributed by atoms with Crippen molar-refractivity contribution in [2.75, 3.05) is 6.54 Å². The Morgan fingerprint density at radius 3 is 2.41 bits per heavy atom. The van der Waals surface area contributed by atoms with Gasteiger partial charge in [0.05, 0.1) is 0 Å². The smallest absolute Gasteiger partial charge is 0.323 e. The molecule has 1 aliphatic carbocycles. The quantitative estimate of drug-likeness (QED) is 0.822. The molecular formula is C14H27NO2. The van der Waals surface area contributed by atoms with E-state index in [-0.39, 0.29) is 0 Å². The van der Waals surface area contributed by atoms with Gasteiger partial charge in [0.2, 0.25) is 0 Å². The summed E-state index contributed by atoms with van der Waals surface area (Å²) in [5.41, 5.74) is -0.759. The molecule has 1 aliphatic rings. The van der Waals surface area contributed by atoms with Crippen molar-refractivity contribution in [2.24, 2.45) is 11.8 Å². The van der Waals surface area contributed by atoms with Crippen molar-refractivity contribution in [1.82, 2.24) is 4.90 Å². The summed E-state index contributed by atoms with van der Waals surface area (Å²) in [4.78, 5) is 13.6. The fourth-order valence-electron chi connectivity index (χ4n) is 3.10. The van der Waals surface area contributed by atoms with Gasteiger partial charge in [0.1, 0.15) is 5.54 Å². The second-order valence-corrected chi connectivity index (χ2v) is 6.11. The summed E-state index contributed by atoms with van der Waals surface area (Å²) >= 11 is 0. The molecule has 1 N–H and O–H groups in total. The largest absolute Gasteiger partial charge is 0.480 e. The van der Waals surface area contributed by atoms with Crippen LogP contribution in [0.4, 0.5) is 0 Å². The summed E-state index contributed by atoms with van der Waals surface area (Å²) in [7, 11) is 0. The number of nitrogens with zero attached hydrogens (tertiary/aromatic N) is 1. The number of carboxylic acid groups (broad SMARTS) is 1. The molecule has 0 bridgehead atoms. The molecule has 0 amide bonds. The number of hydrogen-bond acceptors (Lipinski definition) is 2. The maximum absolute atomic E-state index is 11.4. The van der Waals surface area contributed by atoms with E-state index in [1.165, 1.54) is 12.8 Å². The molecule has 0 aromatic carbocycles. The molecule has 0 aromatic heterocycles. The van der Waals surface area contributed by atoms with Gasteiger partial charge in [-0.25, -0.2) is 0 Å². The average Bonchev–Trinajstić information content (AvgIpc) is 2.23. The second kappa shape index (κ2) is 5.38. The number of rotatable bonds is 4. The Morgan fingerprint density at radius 1 is 1.35 bits per heavy atom. The molecule has 1 saturated carbocycles. The van der Waals surface area contributed by atoms with Crippen molar-refractivity contribution in [3.05, 3.63) is 0 Å². The Labute approximate surface area is 105 Å². The van der Waals surface area contributed by atoms with Gasteiger partial charge in [0.25, 0.3) is 0 Å². The van der Waals surface area contributed by atoms with E-state index in [0.29, 0.717) is 12.0 Å². The van der Waals surface area contributed by atoms with E-state index in [1.54, 1.807) is 0 Å². The topological polar surface area (TPSA) is 40.5 Å². The minimum atomic E-state index is -0.759. The van der Waals surface area contributed by atoms with Gasteiger partial charge >= 0.3 is 5.97 Å². The lowest BCUT2D eigenvalue weighted by atomic mass is 9.78. The van der Waals surface area contributed by atoms with Crippen molar-refractivity contribution in [1.29, 1.82) is 0 Å². The first-order valence-electron chi connectivity index (χ1n) is 6.80. The SMILES string of the molecule is CCN(C1CC(C)CCC1C)C(C)(C)C(=O)O. The van der Waals surface area contributed by atoms with Crippen molar-refractivity contribution in [2.45, 2.75) is 65.5 Å². The number of aliphatic carboxylic acids is 1. The summed E-state index contributed by atoms with van der Waals surface area (Å²) in [6.45, 7) is 11.1. The fraction of sp³-hybridized carbons (Fsp3) is 0.929. The third kappa shape index (κ3) is 3.01. The highest BCUT2D eigenvalue weighted by Gasteiger charge is 2.41. The highest BCUT2D eigenvalue weighted by atomic mass is 16.4. The van der Waals surface area contributed by atoms with Gasteiger partial charge in [-0.3, -0.25) is 9.69 Å². The molecule has 0 aromatic rings. The number of carbonyl (C=O) groups is 1. The lowest BCUT2D eigenvalue weighted by molar-refractivity contribution is -0.152. The Hall–Kier alpha value is -0.570. The van der Waals surface area contributed by atoms with Crippen molar-refractivity contribution in [3.8, 4) is 0 Å². The predicted molar refractivity (Wildman–Crippen MR) is 70.1 cm³/mol. The highest BCUT2D eigenvalue weighted by molar-refractivity contribution is 5.77. The zero-order valence-corrected chi connectivity index (χ0v) is 11.9. The van der Waals surface area contributed by atoms with Gasteiger partial charge in [-0.1, -0.05) is 27.2 Å². The monoisotopic (exact) mass is 241 g/mol. The average molecular weight is 241 g/mol. The molecular weight excluding hydrogens is 214 g/mol. The molecule has 100 valence electrons. The summed E-state index contributed by atoms with van der Waals surface area (Å²) in [5, 5.41) is 9.38. The molecule has 1 rings (SSSR count). The first-order valence-corrected chi connectivity index (χ1v) is 6.80. The molecule has 0 heterocycles. The van der Waals surface area contributed by atoms with Crippen LogP contribution in [0.25, 0.3) is 0 Å². The van der Waals surface area contributed by atoms with Crippen LogP contribution in [-0.4, -0.2) is 34.1 Å². The standard InChI is InChI=1S/C14H27NO2/c1-6-15(14(4,5)13(16)17)12-9-10(2)7-8-11(12)3/h10-12H,6-9H2,1-5H3,(H,16,17). The minimum absolute atomic E-state index is 0.412. The zero-order valence-electron chi connectivity index (χ0n) is 11.9.